The Morgan fingerprint density at radius 3 is 2.62 bits per heavy atom. The molecule has 1 amide bonds. The van der Waals surface area contributed by atoms with Crippen LogP contribution < -0.4 is 10.2 Å². The Labute approximate surface area is 126 Å². The molecule has 1 aliphatic heterocycles. The van der Waals surface area contributed by atoms with Crippen molar-refractivity contribution in [3.05, 3.63) is 29.3 Å². The highest BCUT2D eigenvalue weighted by molar-refractivity contribution is 6.01. The molecule has 114 valence electrons. The highest BCUT2D eigenvalue weighted by Crippen LogP contribution is 2.29. The van der Waals surface area contributed by atoms with Gasteiger partial charge in [-0.25, -0.2) is 0 Å². The van der Waals surface area contributed by atoms with Crippen molar-refractivity contribution in [1.29, 1.82) is 0 Å². The van der Waals surface area contributed by atoms with Crippen molar-refractivity contribution in [3.63, 3.8) is 0 Å². The Bertz CT molecular complexity index is 552. The van der Waals surface area contributed by atoms with E-state index in [4.69, 9.17) is 0 Å². The number of nitrogens with zero attached hydrogens (tertiary/aromatic N) is 1. The number of hydrogen-bond donors (Lipinski definition) is 1. The Kier molecular flexibility index (Phi) is 4.78. The van der Waals surface area contributed by atoms with Gasteiger partial charge in [0.15, 0.2) is 5.78 Å². The van der Waals surface area contributed by atoms with Gasteiger partial charge in [-0.2, -0.15) is 0 Å². The number of amides is 1. The molecule has 1 unspecified atom stereocenters. The Morgan fingerprint density at radius 2 is 2.00 bits per heavy atom. The van der Waals surface area contributed by atoms with E-state index in [1.807, 2.05) is 25.1 Å². The summed E-state index contributed by atoms with van der Waals surface area (Å²) >= 11 is 0. The Hall–Kier alpha value is -1.68. The number of anilines is 1. The third-order valence-electron chi connectivity index (χ3n) is 3.87. The van der Waals surface area contributed by atoms with Crippen molar-refractivity contribution in [2.24, 2.45) is 5.92 Å². The maximum atomic E-state index is 12.4. The van der Waals surface area contributed by atoms with Crippen LogP contribution in [0.2, 0.25) is 0 Å². The van der Waals surface area contributed by atoms with Gasteiger partial charge in [0.1, 0.15) is 0 Å². The lowest BCUT2D eigenvalue weighted by Gasteiger charge is -2.16. The van der Waals surface area contributed by atoms with Crippen LogP contribution in [0.3, 0.4) is 0 Å². The van der Waals surface area contributed by atoms with E-state index in [0.717, 1.165) is 29.8 Å². The van der Waals surface area contributed by atoms with Gasteiger partial charge in [-0.1, -0.05) is 13.8 Å². The fraction of sp³-hybridized carbons (Fsp3) is 0.529. The van der Waals surface area contributed by atoms with E-state index in [2.05, 4.69) is 19.2 Å². The van der Waals surface area contributed by atoms with Crippen molar-refractivity contribution in [2.45, 2.75) is 40.2 Å². The van der Waals surface area contributed by atoms with Crippen LogP contribution in [0.5, 0.6) is 0 Å². The lowest BCUT2D eigenvalue weighted by Crippen LogP contribution is -2.36. The van der Waals surface area contributed by atoms with Gasteiger partial charge in [-0.05, 0) is 49.6 Å². The average molecular weight is 288 g/mol. The second-order valence-electron chi connectivity index (χ2n) is 6.15. The van der Waals surface area contributed by atoms with Gasteiger partial charge >= 0.3 is 0 Å². The molecule has 21 heavy (non-hydrogen) atoms. The first-order chi connectivity index (χ1) is 9.90. The summed E-state index contributed by atoms with van der Waals surface area (Å²) in [6.07, 6.45) is 0.823. The minimum absolute atomic E-state index is 0.0554. The maximum absolute atomic E-state index is 12.4. The smallest absolute Gasteiger partial charge is 0.223 e. The molecule has 4 nitrogen and oxygen atoms in total. The van der Waals surface area contributed by atoms with Gasteiger partial charge in [0, 0.05) is 24.7 Å². The number of carbonyl (C=O) groups excluding carboxylic acids is 2. The number of Topliss-reactive ketones (excluding diaryl/α,β-unsaturated/α-hetero) is 1. The molecule has 0 spiro atoms. The standard InChI is InChI=1S/C17H24N2O2/c1-11(2)10-18-12(3)17(21)15-5-6-16-14(9-15)7-8-19(16)13(4)20/h5-6,9,11-12,18H,7-8,10H2,1-4H3. The predicted molar refractivity (Wildman–Crippen MR) is 84.8 cm³/mol. The first-order valence-corrected chi connectivity index (χ1v) is 7.58. The van der Waals surface area contributed by atoms with E-state index < -0.39 is 0 Å². The quantitative estimate of drug-likeness (QED) is 0.847. The van der Waals surface area contributed by atoms with Crippen LogP contribution in [0.15, 0.2) is 18.2 Å². The maximum Gasteiger partial charge on any atom is 0.223 e. The number of fused-ring (bicyclic) bond motifs is 1. The fourth-order valence-electron chi connectivity index (χ4n) is 2.64. The van der Waals surface area contributed by atoms with Crippen LogP contribution in [-0.4, -0.2) is 30.8 Å². The largest absolute Gasteiger partial charge is 0.312 e. The first kappa shape index (κ1) is 15.7. The normalized spacial score (nSPS) is 15.2. The summed E-state index contributed by atoms with van der Waals surface area (Å²) in [6, 6.07) is 5.48. The van der Waals surface area contributed by atoms with Gasteiger partial charge in [-0.15, -0.1) is 0 Å². The average Bonchev–Trinajstić information content (AvgIpc) is 2.86. The van der Waals surface area contributed by atoms with E-state index in [1.54, 1.807) is 11.8 Å². The van der Waals surface area contributed by atoms with E-state index in [1.165, 1.54) is 0 Å². The SMILES string of the molecule is CC(=O)N1CCc2cc(C(=O)C(C)NCC(C)C)ccc21. The molecule has 0 radical (unpaired) electrons. The fourth-order valence-corrected chi connectivity index (χ4v) is 2.64. The highest BCUT2D eigenvalue weighted by Gasteiger charge is 2.24. The molecule has 1 aromatic carbocycles. The minimum atomic E-state index is -0.184. The molecule has 1 heterocycles. The van der Waals surface area contributed by atoms with Gasteiger partial charge in [-0.3, -0.25) is 9.59 Å². The van der Waals surface area contributed by atoms with Crippen LogP contribution in [0, 0.1) is 5.92 Å². The minimum Gasteiger partial charge on any atom is -0.312 e. The summed E-state index contributed by atoms with van der Waals surface area (Å²) in [6.45, 7) is 9.26. The van der Waals surface area contributed by atoms with Crippen LogP contribution in [0.25, 0.3) is 0 Å². The monoisotopic (exact) mass is 288 g/mol. The molecule has 2 rings (SSSR count). The summed E-state index contributed by atoms with van der Waals surface area (Å²) in [5, 5.41) is 3.26. The molecule has 4 heteroatoms. The number of hydrogen-bond acceptors (Lipinski definition) is 3. The lowest BCUT2D eigenvalue weighted by molar-refractivity contribution is -0.116. The summed E-state index contributed by atoms with van der Waals surface area (Å²) < 4.78 is 0. The molecule has 0 fully saturated rings. The molecule has 0 saturated carbocycles. The summed E-state index contributed by atoms with van der Waals surface area (Å²) in [7, 11) is 0. The lowest BCUT2D eigenvalue weighted by atomic mass is 10.0. The first-order valence-electron chi connectivity index (χ1n) is 7.58. The molecule has 1 aliphatic rings. The third-order valence-corrected chi connectivity index (χ3v) is 3.87. The van der Waals surface area contributed by atoms with E-state index in [0.29, 0.717) is 12.5 Å². The van der Waals surface area contributed by atoms with Gasteiger partial charge in [0.05, 0.1) is 6.04 Å². The zero-order valence-corrected chi connectivity index (χ0v) is 13.3. The van der Waals surface area contributed by atoms with Crippen LogP contribution in [0.4, 0.5) is 5.69 Å². The molecular formula is C17H24N2O2. The van der Waals surface area contributed by atoms with Gasteiger partial charge < -0.3 is 10.2 Å². The number of rotatable bonds is 5. The van der Waals surface area contributed by atoms with Crippen molar-refractivity contribution < 1.29 is 9.59 Å². The number of nitrogens with one attached hydrogen (secondary N) is 1. The molecule has 1 N–H and O–H groups in total. The summed E-state index contributed by atoms with van der Waals surface area (Å²) in [4.78, 5) is 25.7. The third kappa shape index (κ3) is 3.50. The molecule has 0 aromatic heterocycles. The van der Waals surface area contributed by atoms with Crippen molar-refractivity contribution >= 4 is 17.4 Å². The number of carbonyl (C=O) groups is 2. The van der Waals surface area contributed by atoms with Gasteiger partial charge in [0.25, 0.3) is 0 Å². The zero-order valence-electron chi connectivity index (χ0n) is 13.3. The van der Waals surface area contributed by atoms with Crippen molar-refractivity contribution in [1.82, 2.24) is 5.32 Å². The Balaban J connectivity index is 2.12. The number of ketones is 1. The Morgan fingerprint density at radius 1 is 1.29 bits per heavy atom. The second kappa shape index (κ2) is 6.39. The van der Waals surface area contributed by atoms with Crippen LogP contribution in [0.1, 0.15) is 43.6 Å². The molecule has 1 atom stereocenters. The molecule has 0 bridgehead atoms. The van der Waals surface area contributed by atoms with Crippen molar-refractivity contribution in [2.75, 3.05) is 18.0 Å². The summed E-state index contributed by atoms with van der Waals surface area (Å²) in [5.74, 6) is 0.684. The predicted octanol–water partition coefficient (Wildman–Crippen LogP) is 2.41. The molecule has 1 aromatic rings. The van der Waals surface area contributed by atoms with E-state index in [-0.39, 0.29) is 17.7 Å². The van der Waals surface area contributed by atoms with Crippen LogP contribution in [-0.2, 0) is 11.2 Å². The van der Waals surface area contributed by atoms with Crippen LogP contribution >= 0.6 is 0 Å². The molecular weight excluding hydrogens is 264 g/mol. The zero-order chi connectivity index (χ0) is 15.6. The van der Waals surface area contributed by atoms with Crippen molar-refractivity contribution in [3.8, 4) is 0 Å². The summed E-state index contributed by atoms with van der Waals surface area (Å²) in [5.41, 5.74) is 2.76. The second-order valence-corrected chi connectivity index (χ2v) is 6.15. The number of benzene rings is 1. The highest BCUT2D eigenvalue weighted by atomic mass is 16.2. The van der Waals surface area contributed by atoms with E-state index >= 15 is 0 Å². The molecule has 0 aliphatic carbocycles. The topological polar surface area (TPSA) is 49.4 Å². The van der Waals surface area contributed by atoms with Gasteiger partial charge in [0.2, 0.25) is 5.91 Å². The molecule has 0 saturated heterocycles. The van der Waals surface area contributed by atoms with E-state index in [9.17, 15) is 9.59 Å².